The van der Waals surface area contributed by atoms with Gasteiger partial charge in [-0.25, -0.2) is 4.39 Å². The molecule has 0 spiro atoms. The second kappa shape index (κ2) is 5.61. The number of nitrogens with zero attached hydrogens (tertiary/aromatic N) is 1. The van der Waals surface area contributed by atoms with E-state index in [1.165, 1.54) is 18.9 Å². The second-order valence-electron chi connectivity index (χ2n) is 5.04. The lowest BCUT2D eigenvalue weighted by Gasteiger charge is -2.30. The Morgan fingerprint density at radius 1 is 1.35 bits per heavy atom. The van der Waals surface area contributed by atoms with Crippen molar-refractivity contribution < 1.29 is 9.50 Å². The summed E-state index contributed by atoms with van der Waals surface area (Å²) in [6.45, 7) is 4.97. The number of benzene rings is 1. The maximum atomic E-state index is 13.7. The van der Waals surface area contributed by atoms with E-state index in [2.05, 4.69) is 11.8 Å². The molecule has 17 heavy (non-hydrogen) atoms. The van der Waals surface area contributed by atoms with E-state index in [9.17, 15) is 4.39 Å². The lowest BCUT2D eigenvalue weighted by atomic mass is 9.98. The fourth-order valence-electron chi connectivity index (χ4n) is 2.28. The van der Waals surface area contributed by atoms with E-state index in [0.29, 0.717) is 12.1 Å². The van der Waals surface area contributed by atoms with E-state index in [1.807, 2.05) is 0 Å². The maximum absolute atomic E-state index is 13.7. The summed E-state index contributed by atoms with van der Waals surface area (Å²) in [5.74, 6) is 0.600. The molecule has 0 saturated carbocycles. The van der Waals surface area contributed by atoms with Crippen LogP contribution in [0.5, 0.6) is 0 Å². The Morgan fingerprint density at radius 2 is 2.06 bits per heavy atom. The summed E-state index contributed by atoms with van der Waals surface area (Å²) < 4.78 is 13.7. The topological polar surface area (TPSA) is 23.5 Å². The highest BCUT2D eigenvalue weighted by Gasteiger charge is 2.16. The van der Waals surface area contributed by atoms with Gasteiger partial charge in [0.1, 0.15) is 5.82 Å². The molecule has 1 fully saturated rings. The predicted octanol–water partition coefficient (Wildman–Crippen LogP) is 2.55. The molecular weight excluding hydrogens is 217 g/mol. The number of aliphatic hydroxyl groups is 1. The van der Waals surface area contributed by atoms with Crippen LogP contribution < -0.4 is 0 Å². The van der Waals surface area contributed by atoms with Crippen molar-refractivity contribution in [1.29, 1.82) is 0 Å². The molecule has 1 heterocycles. The van der Waals surface area contributed by atoms with Gasteiger partial charge in [0.2, 0.25) is 0 Å². The van der Waals surface area contributed by atoms with Crippen molar-refractivity contribution in [2.75, 3.05) is 13.1 Å². The number of rotatable bonds is 3. The molecular formula is C14H20FNO. The SMILES string of the molecule is CC1CCN(Cc2ccc(CO)cc2F)CC1. The van der Waals surface area contributed by atoms with Crippen LogP contribution in [0, 0.1) is 11.7 Å². The van der Waals surface area contributed by atoms with Gasteiger partial charge in [0.15, 0.2) is 0 Å². The zero-order valence-electron chi connectivity index (χ0n) is 10.3. The van der Waals surface area contributed by atoms with E-state index in [1.54, 1.807) is 12.1 Å². The van der Waals surface area contributed by atoms with Crippen LogP contribution in [-0.2, 0) is 13.2 Å². The molecule has 94 valence electrons. The van der Waals surface area contributed by atoms with Crippen molar-refractivity contribution in [3.63, 3.8) is 0 Å². The van der Waals surface area contributed by atoms with Crippen LogP contribution in [0.1, 0.15) is 30.9 Å². The van der Waals surface area contributed by atoms with Crippen LogP contribution in [0.4, 0.5) is 4.39 Å². The quantitative estimate of drug-likeness (QED) is 0.873. The first kappa shape index (κ1) is 12.5. The van der Waals surface area contributed by atoms with Gasteiger partial charge in [-0.3, -0.25) is 4.90 Å². The number of aliphatic hydroxyl groups excluding tert-OH is 1. The minimum Gasteiger partial charge on any atom is -0.392 e. The van der Waals surface area contributed by atoms with Crippen molar-refractivity contribution in [3.05, 3.63) is 35.1 Å². The molecule has 1 N–H and O–H groups in total. The van der Waals surface area contributed by atoms with Crippen LogP contribution >= 0.6 is 0 Å². The van der Waals surface area contributed by atoms with Gasteiger partial charge in [-0.05, 0) is 43.5 Å². The Kier molecular flexibility index (Phi) is 4.13. The third kappa shape index (κ3) is 3.27. The summed E-state index contributed by atoms with van der Waals surface area (Å²) in [6.07, 6.45) is 2.41. The Labute approximate surface area is 102 Å². The van der Waals surface area contributed by atoms with Gasteiger partial charge in [-0.1, -0.05) is 19.1 Å². The fourth-order valence-corrected chi connectivity index (χ4v) is 2.28. The molecule has 1 aliphatic heterocycles. The Hall–Kier alpha value is -0.930. The summed E-state index contributed by atoms with van der Waals surface area (Å²) >= 11 is 0. The Morgan fingerprint density at radius 3 is 2.65 bits per heavy atom. The van der Waals surface area contributed by atoms with Crippen LogP contribution in [0.25, 0.3) is 0 Å². The van der Waals surface area contributed by atoms with Crippen molar-refractivity contribution >= 4 is 0 Å². The minimum atomic E-state index is -0.199. The van der Waals surface area contributed by atoms with Crippen molar-refractivity contribution in [1.82, 2.24) is 4.90 Å². The lowest BCUT2D eigenvalue weighted by Crippen LogP contribution is -2.32. The smallest absolute Gasteiger partial charge is 0.128 e. The molecule has 0 aromatic heterocycles. The average Bonchev–Trinajstić information content (AvgIpc) is 2.34. The third-order valence-electron chi connectivity index (χ3n) is 3.57. The van der Waals surface area contributed by atoms with E-state index in [0.717, 1.165) is 24.6 Å². The van der Waals surface area contributed by atoms with E-state index in [-0.39, 0.29) is 12.4 Å². The molecule has 1 aromatic rings. The summed E-state index contributed by atoms with van der Waals surface area (Å²) in [6, 6.07) is 5.02. The first-order valence-electron chi connectivity index (χ1n) is 6.29. The van der Waals surface area contributed by atoms with Gasteiger partial charge in [-0.2, -0.15) is 0 Å². The number of piperidine rings is 1. The summed E-state index contributed by atoms with van der Waals surface area (Å²) in [5, 5.41) is 8.93. The zero-order valence-corrected chi connectivity index (χ0v) is 10.3. The van der Waals surface area contributed by atoms with Crippen molar-refractivity contribution in [2.24, 2.45) is 5.92 Å². The van der Waals surface area contributed by atoms with Gasteiger partial charge in [0.05, 0.1) is 6.61 Å². The van der Waals surface area contributed by atoms with Gasteiger partial charge >= 0.3 is 0 Å². The Bertz CT molecular complexity index is 372. The first-order chi connectivity index (χ1) is 8.19. The van der Waals surface area contributed by atoms with Crippen LogP contribution in [0.3, 0.4) is 0 Å². The van der Waals surface area contributed by atoms with Crippen LogP contribution in [0.15, 0.2) is 18.2 Å². The summed E-state index contributed by atoms with van der Waals surface area (Å²) in [5.41, 5.74) is 1.37. The fraction of sp³-hybridized carbons (Fsp3) is 0.571. The van der Waals surface area contributed by atoms with Gasteiger partial charge in [0.25, 0.3) is 0 Å². The molecule has 2 nitrogen and oxygen atoms in total. The second-order valence-corrected chi connectivity index (χ2v) is 5.04. The van der Waals surface area contributed by atoms with Gasteiger partial charge in [-0.15, -0.1) is 0 Å². The molecule has 1 aliphatic rings. The molecule has 0 bridgehead atoms. The first-order valence-corrected chi connectivity index (χ1v) is 6.29. The minimum absolute atomic E-state index is 0.0988. The summed E-state index contributed by atoms with van der Waals surface area (Å²) in [4.78, 5) is 2.30. The molecule has 2 rings (SSSR count). The van der Waals surface area contributed by atoms with E-state index >= 15 is 0 Å². The molecule has 0 aliphatic carbocycles. The normalized spacial score (nSPS) is 18.5. The van der Waals surface area contributed by atoms with Crippen molar-refractivity contribution in [3.8, 4) is 0 Å². The molecule has 0 radical (unpaired) electrons. The molecule has 0 atom stereocenters. The number of likely N-dealkylation sites (tertiary alicyclic amines) is 1. The molecule has 0 amide bonds. The van der Waals surface area contributed by atoms with Crippen molar-refractivity contribution in [2.45, 2.75) is 32.9 Å². The highest BCUT2D eigenvalue weighted by Crippen LogP contribution is 2.19. The maximum Gasteiger partial charge on any atom is 0.128 e. The number of halogens is 1. The predicted molar refractivity (Wildman–Crippen MR) is 66.0 cm³/mol. The average molecular weight is 237 g/mol. The highest BCUT2D eigenvalue weighted by molar-refractivity contribution is 5.24. The highest BCUT2D eigenvalue weighted by atomic mass is 19.1. The van der Waals surface area contributed by atoms with E-state index < -0.39 is 0 Å². The number of hydrogen-bond donors (Lipinski definition) is 1. The monoisotopic (exact) mass is 237 g/mol. The largest absolute Gasteiger partial charge is 0.392 e. The Balaban J connectivity index is 1.99. The van der Waals surface area contributed by atoms with Gasteiger partial charge in [0, 0.05) is 12.1 Å². The lowest BCUT2D eigenvalue weighted by molar-refractivity contribution is 0.183. The summed E-state index contributed by atoms with van der Waals surface area (Å²) in [7, 11) is 0. The van der Waals surface area contributed by atoms with Crippen LogP contribution in [-0.4, -0.2) is 23.1 Å². The van der Waals surface area contributed by atoms with Gasteiger partial charge < -0.3 is 5.11 Å². The third-order valence-corrected chi connectivity index (χ3v) is 3.57. The molecule has 1 saturated heterocycles. The molecule has 1 aromatic carbocycles. The van der Waals surface area contributed by atoms with E-state index in [4.69, 9.17) is 5.11 Å². The molecule has 3 heteroatoms. The standard InChI is InChI=1S/C14H20FNO/c1-11-4-6-16(7-5-11)9-13-3-2-12(10-17)8-14(13)15/h2-3,8,11,17H,4-7,9-10H2,1H3. The number of hydrogen-bond acceptors (Lipinski definition) is 2. The van der Waals surface area contributed by atoms with Crippen LogP contribution in [0.2, 0.25) is 0 Å². The zero-order chi connectivity index (χ0) is 12.3. The molecule has 0 unspecified atom stereocenters.